The number of thiocarbonyl (C=S) groups is 1. The number of rotatable bonds is 3. The molecule has 1 atom stereocenters. The number of hydrogen-bond acceptors (Lipinski definition) is 1. The quantitative estimate of drug-likeness (QED) is 0.486. The van der Waals surface area contributed by atoms with Crippen LogP contribution in [0.2, 0.25) is 0 Å². The van der Waals surface area contributed by atoms with E-state index >= 15 is 0 Å². The summed E-state index contributed by atoms with van der Waals surface area (Å²) in [6.07, 6.45) is -9.90. The molecule has 0 amide bonds. The van der Waals surface area contributed by atoms with Crippen LogP contribution >= 0.6 is 12.2 Å². The van der Waals surface area contributed by atoms with E-state index in [1.54, 1.807) is 6.92 Å². The van der Waals surface area contributed by atoms with Gasteiger partial charge in [0.1, 0.15) is 5.82 Å². The lowest BCUT2D eigenvalue weighted by atomic mass is 10.1. The van der Waals surface area contributed by atoms with Crippen molar-refractivity contribution in [2.75, 3.05) is 5.32 Å². The Morgan fingerprint density at radius 1 is 0.889 bits per heavy atom. The molecule has 0 spiro atoms. The third kappa shape index (κ3) is 5.81. The second kappa shape index (κ2) is 7.71. The summed E-state index contributed by atoms with van der Waals surface area (Å²) >= 11 is 4.95. The van der Waals surface area contributed by atoms with Crippen molar-refractivity contribution in [1.82, 2.24) is 5.32 Å². The van der Waals surface area contributed by atoms with Crippen LogP contribution in [0.3, 0.4) is 0 Å². The third-order valence-corrected chi connectivity index (χ3v) is 3.78. The van der Waals surface area contributed by atoms with Crippen LogP contribution in [0.5, 0.6) is 0 Å². The Morgan fingerprint density at radius 2 is 1.37 bits per heavy atom. The van der Waals surface area contributed by atoms with Gasteiger partial charge < -0.3 is 10.6 Å². The molecule has 0 aromatic heterocycles. The molecule has 0 bridgehead atoms. The molecule has 27 heavy (non-hydrogen) atoms. The van der Waals surface area contributed by atoms with Gasteiger partial charge in [-0.05, 0) is 55.0 Å². The fourth-order valence-electron chi connectivity index (χ4n) is 2.23. The number of nitrogens with one attached hydrogen (secondary N) is 2. The number of benzene rings is 2. The Labute approximate surface area is 155 Å². The van der Waals surface area contributed by atoms with Crippen LogP contribution in [0.15, 0.2) is 42.5 Å². The van der Waals surface area contributed by atoms with E-state index in [2.05, 4.69) is 10.6 Å². The largest absolute Gasteiger partial charge is 0.416 e. The highest BCUT2D eigenvalue weighted by atomic mass is 32.1. The molecule has 0 unspecified atom stereocenters. The molecule has 0 radical (unpaired) electrons. The molecule has 2 nitrogen and oxygen atoms in total. The number of alkyl halides is 6. The number of halogens is 7. The van der Waals surface area contributed by atoms with Crippen LogP contribution in [0, 0.1) is 5.82 Å². The molecule has 0 saturated carbocycles. The predicted octanol–water partition coefficient (Wildman–Crippen LogP) is 5.91. The van der Waals surface area contributed by atoms with Crippen LogP contribution in [0.1, 0.15) is 29.7 Å². The van der Waals surface area contributed by atoms with Gasteiger partial charge in [0.25, 0.3) is 0 Å². The molecule has 0 aliphatic rings. The van der Waals surface area contributed by atoms with Crippen molar-refractivity contribution in [3.8, 4) is 0 Å². The van der Waals surface area contributed by atoms with E-state index in [9.17, 15) is 30.7 Å². The Hall–Kier alpha value is -2.36. The third-order valence-electron chi connectivity index (χ3n) is 3.56. The van der Waals surface area contributed by atoms with Crippen molar-refractivity contribution in [1.29, 1.82) is 0 Å². The Kier molecular flexibility index (Phi) is 5.98. The monoisotopic (exact) mass is 410 g/mol. The van der Waals surface area contributed by atoms with E-state index in [1.807, 2.05) is 0 Å². The van der Waals surface area contributed by atoms with Crippen LogP contribution in [0.4, 0.5) is 36.4 Å². The number of hydrogen-bond donors (Lipinski definition) is 2. The maximum atomic E-state index is 12.9. The first-order valence-corrected chi connectivity index (χ1v) is 7.89. The molecule has 2 N–H and O–H groups in total. The molecule has 0 fully saturated rings. The van der Waals surface area contributed by atoms with Gasteiger partial charge in [-0.3, -0.25) is 0 Å². The first-order valence-electron chi connectivity index (χ1n) is 7.49. The second-order valence-corrected chi connectivity index (χ2v) is 6.07. The Bertz CT molecular complexity index is 781. The fraction of sp³-hybridized carbons (Fsp3) is 0.235. The van der Waals surface area contributed by atoms with Crippen molar-refractivity contribution in [3.05, 3.63) is 65.0 Å². The molecule has 10 heteroatoms. The van der Waals surface area contributed by atoms with Crippen molar-refractivity contribution < 1.29 is 30.7 Å². The van der Waals surface area contributed by atoms with E-state index in [0.717, 1.165) is 0 Å². The summed E-state index contributed by atoms with van der Waals surface area (Å²) in [7, 11) is 0. The molecule has 146 valence electrons. The average molecular weight is 410 g/mol. The van der Waals surface area contributed by atoms with Gasteiger partial charge in [0.05, 0.1) is 17.2 Å². The molecule has 2 aromatic rings. The van der Waals surface area contributed by atoms with Gasteiger partial charge in [-0.2, -0.15) is 26.3 Å². The van der Waals surface area contributed by atoms with Crippen LogP contribution in [0.25, 0.3) is 0 Å². The first-order chi connectivity index (χ1) is 12.4. The first kappa shape index (κ1) is 20.9. The highest BCUT2D eigenvalue weighted by molar-refractivity contribution is 7.80. The lowest BCUT2D eigenvalue weighted by Crippen LogP contribution is -2.31. The maximum absolute atomic E-state index is 12.9. The van der Waals surface area contributed by atoms with Gasteiger partial charge >= 0.3 is 12.4 Å². The molecule has 0 aliphatic heterocycles. The zero-order chi connectivity index (χ0) is 20.4. The SMILES string of the molecule is C[C@H](NC(=S)Nc1cc(C(F)(F)F)cc(C(F)(F)F)c1)c1ccc(F)cc1. The molecule has 0 heterocycles. The lowest BCUT2D eigenvalue weighted by Gasteiger charge is -2.19. The fourth-order valence-corrected chi connectivity index (χ4v) is 2.52. The minimum absolute atomic E-state index is 0.0306. The normalized spacial score (nSPS) is 13.2. The summed E-state index contributed by atoms with van der Waals surface area (Å²) in [5.41, 5.74) is -2.73. The topological polar surface area (TPSA) is 24.1 Å². The molecular weight excluding hydrogens is 397 g/mol. The van der Waals surface area contributed by atoms with Crippen molar-refractivity contribution in [3.63, 3.8) is 0 Å². The summed E-state index contributed by atoms with van der Waals surface area (Å²) in [6, 6.07) is 6.01. The van der Waals surface area contributed by atoms with Crippen molar-refractivity contribution in [2.24, 2.45) is 0 Å². The van der Waals surface area contributed by atoms with E-state index in [-0.39, 0.29) is 11.2 Å². The molecule has 2 rings (SSSR count). The summed E-state index contributed by atoms with van der Waals surface area (Å²) in [5.74, 6) is -0.449. The van der Waals surface area contributed by atoms with Crippen molar-refractivity contribution >= 4 is 23.0 Å². The van der Waals surface area contributed by atoms with Crippen LogP contribution < -0.4 is 10.6 Å². The van der Waals surface area contributed by atoms with Gasteiger partial charge in [-0.15, -0.1) is 0 Å². The Morgan fingerprint density at radius 3 is 1.81 bits per heavy atom. The van der Waals surface area contributed by atoms with Crippen molar-refractivity contribution in [2.45, 2.75) is 25.3 Å². The second-order valence-electron chi connectivity index (χ2n) is 5.67. The maximum Gasteiger partial charge on any atom is 0.416 e. The van der Waals surface area contributed by atoms with Gasteiger partial charge in [-0.25, -0.2) is 4.39 Å². The van der Waals surface area contributed by atoms with E-state index < -0.39 is 41.0 Å². The highest BCUT2D eigenvalue weighted by Crippen LogP contribution is 2.37. The Balaban J connectivity index is 2.20. The smallest absolute Gasteiger partial charge is 0.356 e. The van der Waals surface area contributed by atoms with Crippen LogP contribution in [-0.2, 0) is 12.4 Å². The summed E-state index contributed by atoms with van der Waals surface area (Å²) in [4.78, 5) is 0. The predicted molar refractivity (Wildman–Crippen MR) is 90.6 cm³/mol. The zero-order valence-electron chi connectivity index (χ0n) is 13.7. The lowest BCUT2D eigenvalue weighted by molar-refractivity contribution is -0.143. The van der Waals surface area contributed by atoms with Gasteiger partial charge in [0.15, 0.2) is 5.11 Å². The summed E-state index contributed by atoms with van der Waals surface area (Å²) in [5, 5.41) is 4.86. The van der Waals surface area contributed by atoms with E-state index in [4.69, 9.17) is 12.2 Å². The summed E-state index contributed by atoms with van der Waals surface area (Å²) < 4.78 is 90.1. The average Bonchev–Trinajstić information content (AvgIpc) is 2.53. The molecule has 0 saturated heterocycles. The van der Waals surface area contributed by atoms with Gasteiger partial charge in [0.2, 0.25) is 0 Å². The zero-order valence-corrected chi connectivity index (χ0v) is 14.5. The van der Waals surface area contributed by atoms with Gasteiger partial charge in [0, 0.05) is 5.69 Å². The van der Waals surface area contributed by atoms with E-state index in [1.165, 1.54) is 24.3 Å². The molecule has 0 aliphatic carbocycles. The minimum atomic E-state index is -4.95. The number of anilines is 1. The highest BCUT2D eigenvalue weighted by Gasteiger charge is 2.37. The molecular formula is C17H13F7N2S. The van der Waals surface area contributed by atoms with Crippen LogP contribution in [-0.4, -0.2) is 5.11 Å². The molecule has 2 aromatic carbocycles. The van der Waals surface area contributed by atoms with E-state index in [0.29, 0.717) is 17.7 Å². The van der Waals surface area contributed by atoms with Gasteiger partial charge in [-0.1, -0.05) is 12.1 Å². The minimum Gasteiger partial charge on any atom is -0.356 e. The standard InChI is InChI=1S/C17H13F7N2S/c1-9(10-2-4-13(18)5-3-10)25-15(27)26-14-7-11(16(19,20)21)6-12(8-14)17(22,23)24/h2-9H,1H3,(H2,25,26,27)/t9-/m0/s1. The summed E-state index contributed by atoms with van der Waals surface area (Å²) in [6.45, 7) is 1.65.